The maximum atomic E-state index is 13.2. The number of nitrogens with zero attached hydrogens (tertiary/aromatic N) is 2. The number of aryl methyl sites for hydroxylation is 1. The van der Waals surface area contributed by atoms with E-state index in [2.05, 4.69) is 11.9 Å². The maximum Gasteiger partial charge on any atom is 0.253 e. The SMILES string of the molecule is Cc1cnccc1-c1ccc(C(=O)N(CC2CCC2)C[C@@H]2CCCO2)cc1. The fourth-order valence-electron chi connectivity index (χ4n) is 4.03. The van der Waals surface area contributed by atoms with Gasteiger partial charge in [0.25, 0.3) is 5.91 Å². The molecule has 0 radical (unpaired) electrons. The lowest BCUT2D eigenvalue weighted by molar-refractivity contribution is 0.0448. The average molecular weight is 364 g/mol. The van der Waals surface area contributed by atoms with E-state index in [1.807, 2.05) is 47.6 Å². The molecule has 2 heterocycles. The third kappa shape index (κ3) is 4.22. The van der Waals surface area contributed by atoms with Crippen molar-refractivity contribution in [2.75, 3.05) is 19.7 Å². The molecule has 4 rings (SSSR count). The number of hydrogen-bond acceptors (Lipinski definition) is 3. The number of ether oxygens (including phenoxy) is 1. The highest BCUT2D eigenvalue weighted by atomic mass is 16.5. The monoisotopic (exact) mass is 364 g/mol. The lowest BCUT2D eigenvalue weighted by Crippen LogP contribution is -2.41. The van der Waals surface area contributed by atoms with Crippen LogP contribution in [0.5, 0.6) is 0 Å². The Hall–Kier alpha value is -2.20. The van der Waals surface area contributed by atoms with Crippen molar-refractivity contribution in [1.82, 2.24) is 9.88 Å². The lowest BCUT2D eigenvalue weighted by atomic mass is 9.85. The van der Waals surface area contributed by atoms with Crippen LogP contribution in [0.15, 0.2) is 42.7 Å². The van der Waals surface area contributed by atoms with Crippen molar-refractivity contribution in [2.24, 2.45) is 5.92 Å². The summed E-state index contributed by atoms with van der Waals surface area (Å²) in [5.41, 5.74) is 4.19. The van der Waals surface area contributed by atoms with Crippen LogP contribution in [0.3, 0.4) is 0 Å². The molecule has 1 aliphatic carbocycles. The minimum Gasteiger partial charge on any atom is -0.376 e. The Kier molecular flexibility index (Phi) is 5.53. The fraction of sp³-hybridized carbons (Fsp3) is 0.478. The molecule has 2 fully saturated rings. The van der Waals surface area contributed by atoms with Crippen LogP contribution in [0.1, 0.15) is 48.0 Å². The van der Waals surface area contributed by atoms with Gasteiger partial charge in [0.15, 0.2) is 0 Å². The van der Waals surface area contributed by atoms with Crippen LogP contribution < -0.4 is 0 Å². The van der Waals surface area contributed by atoms with Crippen LogP contribution in [0.25, 0.3) is 11.1 Å². The van der Waals surface area contributed by atoms with Crippen LogP contribution in [-0.4, -0.2) is 41.6 Å². The highest BCUT2D eigenvalue weighted by Crippen LogP contribution is 2.29. The number of carbonyl (C=O) groups is 1. The van der Waals surface area contributed by atoms with Crippen LogP contribution in [0, 0.1) is 12.8 Å². The second kappa shape index (κ2) is 8.22. The van der Waals surface area contributed by atoms with Crippen molar-refractivity contribution in [3.8, 4) is 11.1 Å². The second-order valence-corrected chi connectivity index (χ2v) is 7.91. The summed E-state index contributed by atoms with van der Waals surface area (Å²) in [7, 11) is 0. The molecule has 0 unspecified atom stereocenters. The Balaban J connectivity index is 1.50. The van der Waals surface area contributed by atoms with E-state index in [-0.39, 0.29) is 12.0 Å². The number of rotatable bonds is 6. The van der Waals surface area contributed by atoms with E-state index in [1.165, 1.54) is 19.3 Å². The highest BCUT2D eigenvalue weighted by Gasteiger charge is 2.28. The molecule has 1 aromatic heterocycles. The topological polar surface area (TPSA) is 42.4 Å². The van der Waals surface area contributed by atoms with Gasteiger partial charge in [-0.1, -0.05) is 18.6 Å². The summed E-state index contributed by atoms with van der Waals surface area (Å²) in [6, 6.07) is 10.0. The molecule has 142 valence electrons. The van der Waals surface area contributed by atoms with Crippen molar-refractivity contribution in [3.63, 3.8) is 0 Å². The van der Waals surface area contributed by atoms with Crippen molar-refractivity contribution in [1.29, 1.82) is 0 Å². The first-order valence-electron chi connectivity index (χ1n) is 10.1. The van der Waals surface area contributed by atoms with Crippen molar-refractivity contribution in [2.45, 2.75) is 45.1 Å². The van der Waals surface area contributed by atoms with Crippen LogP contribution >= 0.6 is 0 Å². The predicted molar refractivity (Wildman–Crippen MR) is 107 cm³/mol. The molecule has 0 spiro atoms. The maximum absolute atomic E-state index is 13.2. The van der Waals surface area contributed by atoms with Crippen molar-refractivity contribution in [3.05, 3.63) is 53.9 Å². The highest BCUT2D eigenvalue weighted by molar-refractivity contribution is 5.94. The molecule has 2 aromatic rings. The summed E-state index contributed by atoms with van der Waals surface area (Å²) in [5.74, 6) is 0.796. The van der Waals surface area contributed by atoms with Gasteiger partial charge in [-0.15, -0.1) is 0 Å². The Bertz CT molecular complexity index is 777. The summed E-state index contributed by atoms with van der Waals surface area (Å²) in [6.07, 6.45) is 9.84. The Labute approximate surface area is 161 Å². The van der Waals surface area contributed by atoms with Gasteiger partial charge in [0.05, 0.1) is 6.10 Å². The van der Waals surface area contributed by atoms with E-state index >= 15 is 0 Å². The van der Waals surface area contributed by atoms with Gasteiger partial charge < -0.3 is 9.64 Å². The third-order valence-corrected chi connectivity index (χ3v) is 5.90. The number of hydrogen-bond donors (Lipinski definition) is 0. The third-order valence-electron chi connectivity index (χ3n) is 5.90. The molecule has 1 aromatic carbocycles. The molecule has 4 heteroatoms. The zero-order chi connectivity index (χ0) is 18.6. The average Bonchev–Trinajstić information content (AvgIpc) is 3.17. The summed E-state index contributed by atoms with van der Waals surface area (Å²) in [6.45, 7) is 4.48. The predicted octanol–water partition coefficient (Wildman–Crippen LogP) is 4.48. The van der Waals surface area contributed by atoms with Gasteiger partial charge in [0, 0.05) is 37.7 Å². The number of aromatic nitrogens is 1. The van der Waals surface area contributed by atoms with E-state index in [4.69, 9.17) is 4.74 Å². The first-order valence-corrected chi connectivity index (χ1v) is 10.1. The van der Waals surface area contributed by atoms with Gasteiger partial charge in [-0.05, 0) is 73.4 Å². The van der Waals surface area contributed by atoms with E-state index in [0.717, 1.165) is 54.8 Å². The number of benzene rings is 1. The smallest absolute Gasteiger partial charge is 0.253 e. The fourth-order valence-corrected chi connectivity index (χ4v) is 4.03. The van der Waals surface area contributed by atoms with Crippen molar-refractivity contribution < 1.29 is 9.53 Å². The molecular weight excluding hydrogens is 336 g/mol. The number of carbonyl (C=O) groups excluding carboxylic acids is 1. The molecule has 1 amide bonds. The molecule has 0 N–H and O–H groups in total. The van der Waals surface area contributed by atoms with Gasteiger partial charge in [0.1, 0.15) is 0 Å². The lowest BCUT2D eigenvalue weighted by Gasteiger charge is -2.33. The Morgan fingerprint density at radius 1 is 1.11 bits per heavy atom. The summed E-state index contributed by atoms with van der Waals surface area (Å²) >= 11 is 0. The standard InChI is InChI=1S/C23H28N2O2/c1-17-14-24-12-11-22(17)19-7-9-20(10-8-19)23(26)25(15-18-4-2-5-18)16-21-6-3-13-27-21/h7-12,14,18,21H,2-6,13,15-16H2,1H3/t21-/m0/s1. The normalized spacial score (nSPS) is 19.7. The van der Waals surface area contributed by atoms with Gasteiger partial charge in [0.2, 0.25) is 0 Å². The summed E-state index contributed by atoms with van der Waals surface area (Å²) in [4.78, 5) is 19.4. The largest absolute Gasteiger partial charge is 0.376 e. The van der Waals surface area contributed by atoms with Crippen LogP contribution in [0.4, 0.5) is 0 Å². The molecule has 2 aliphatic rings. The molecule has 27 heavy (non-hydrogen) atoms. The molecule has 1 atom stereocenters. The Morgan fingerprint density at radius 2 is 1.93 bits per heavy atom. The Morgan fingerprint density at radius 3 is 2.56 bits per heavy atom. The van der Waals surface area contributed by atoms with Gasteiger partial charge >= 0.3 is 0 Å². The second-order valence-electron chi connectivity index (χ2n) is 7.91. The molecular formula is C23H28N2O2. The summed E-state index contributed by atoms with van der Waals surface area (Å²) < 4.78 is 5.79. The number of amides is 1. The summed E-state index contributed by atoms with van der Waals surface area (Å²) in [5, 5.41) is 0. The molecule has 1 saturated carbocycles. The van der Waals surface area contributed by atoms with E-state index in [9.17, 15) is 4.79 Å². The van der Waals surface area contributed by atoms with E-state index in [0.29, 0.717) is 5.92 Å². The first-order chi connectivity index (χ1) is 13.2. The zero-order valence-electron chi connectivity index (χ0n) is 16.1. The molecule has 0 bridgehead atoms. The van der Waals surface area contributed by atoms with Crippen LogP contribution in [0.2, 0.25) is 0 Å². The molecule has 4 nitrogen and oxygen atoms in total. The first kappa shape index (κ1) is 18.2. The quantitative estimate of drug-likeness (QED) is 0.759. The van der Waals surface area contributed by atoms with Gasteiger partial charge in [-0.2, -0.15) is 0 Å². The zero-order valence-corrected chi connectivity index (χ0v) is 16.1. The molecule has 1 saturated heterocycles. The van der Waals surface area contributed by atoms with E-state index in [1.54, 1.807) is 0 Å². The minimum atomic E-state index is 0.135. The van der Waals surface area contributed by atoms with Crippen molar-refractivity contribution >= 4 is 5.91 Å². The van der Waals surface area contributed by atoms with Crippen LogP contribution in [-0.2, 0) is 4.74 Å². The van der Waals surface area contributed by atoms with E-state index < -0.39 is 0 Å². The van der Waals surface area contributed by atoms with Gasteiger partial charge in [-0.3, -0.25) is 9.78 Å². The van der Waals surface area contributed by atoms with Gasteiger partial charge in [-0.25, -0.2) is 0 Å². The molecule has 1 aliphatic heterocycles. The minimum absolute atomic E-state index is 0.135. The number of pyridine rings is 1.